The molecule has 3 heterocycles. The Balaban J connectivity index is 1.03. The van der Waals surface area contributed by atoms with Crippen LogP contribution in [0, 0.1) is 0 Å². The number of hydrogen-bond donors (Lipinski definition) is 0. The fourth-order valence-corrected chi connectivity index (χ4v) is 11.8. The number of amidine groups is 1. The molecule has 0 radical (unpaired) electrons. The highest BCUT2D eigenvalue weighted by Crippen LogP contribution is 2.44. The van der Waals surface area contributed by atoms with E-state index in [-0.39, 0.29) is 6.04 Å². The number of fused-ring (bicyclic) bond motifs is 12. The number of hydrogen-bond acceptors (Lipinski definition) is 3. The van der Waals surface area contributed by atoms with Gasteiger partial charge in [-0.05, 0) is 108 Å². The van der Waals surface area contributed by atoms with E-state index in [2.05, 4.69) is 235 Å². The predicted octanol–water partition coefficient (Wildman–Crippen LogP) is 17.0. The van der Waals surface area contributed by atoms with E-state index in [0.29, 0.717) is 5.84 Å². The monoisotopic (exact) mass is 869 g/mol. The van der Waals surface area contributed by atoms with Gasteiger partial charge in [0.15, 0.2) is 5.84 Å². The lowest BCUT2D eigenvalue weighted by Gasteiger charge is -2.15. The summed E-state index contributed by atoms with van der Waals surface area (Å²) in [7, 11) is 0. The highest BCUT2D eigenvalue weighted by Gasteiger charge is 2.23. The van der Waals surface area contributed by atoms with Crippen molar-refractivity contribution in [2.75, 3.05) is 0 Å². The molecule has 11 aromatic carbocycles. The third-order valence-electron chi connectivity index (χ3n) is 13.8. The molecule has 4 heteroatoms. The zero-order chi connectivity index (χ0) is 44.0. The maximum atomic E-state index is 5.61. The van der Waals surface area contributed by atoms with E-state index in [9.17, 15) is 0 Å². The van der Waals surface area contributed by atoms with Crippen LogP contribution in [0.3, 0.4) is 0 Å². The summed E-state index contributed by atoms with van der Waals surface area (Å²) in [6, 6.07) is 79.2. The van der Waals surface area contributed by atoms with Crippen LogP contribution < -0.4 is 0 Å². The lowest BCUT2D eigenvalue weighted by atomic mass is 9.93. The second-order valence-corrected chi connectivity index (χ2v) is 18.7. The fraction of sp³-hybridized carbons (Fsp3) is 0.0159. The van der Waals surface area contributed by atoms with Gasteiger partial charge in [0.25, 0.3) is 0 Å². The molecule has 0 spiro atoms. The Bertz CT molecular complexity index is 4260. The third-order valence-corrected chi connectivity index (χ3v) is 15.0. The second kappa shape index (κ2) is 15.1. The number of allylic oxidation sites excluding steroid dienone is 1. The normalized spacial score (nSPS) is 14.2. The van der Waals surface area contributed by atoms with Crippen molar-refractivity contribution in [3.8, 4) is 16.8 Å². The minimum atomic E-state index is -0.288. The Morgan fingerprint density at radius 3 is 1.87 bits per heavy atom. The van der Waals surface area contributed by atoms with Gasteiger partial charge in [0.2, 0.25) is 0 Å². The number of thiophene rings is 1. The second-order valence-electron chi connectivity index (χ2n) is 17.6. The summed E-state index contributed by atoms with van der Waals surface area (Å²) in [6.07, 6.45) is 4.48. The predicted molar refractivity (Wildman–Crippen MR) is 287 cm³/mol. The van der Waals surface area contributed by atoms with Gasteiger partial charge < -0.3 is 4.57 Å². The molecule has 1 aliphatic rings. The van der Waals surface area contributed by atoms with Gasteiger partial charge in [0.05, 0.1) is 33.2 Å². The quantitative estimate of drug-likeness (QED) is 0.154. The van der Waals surface area contributed by atoms with Crippen molar-refractivity contribution in [1.82, 2.24) is 4.57 Å². The summed E-state index contributed by atoms with van der Waals surface area (Å²) in [5, 5.41) is 14.8. The van der Waals surface area contributed by atoms with Gasteiger partial charge in [-0.25, -0.2) is 4.99 Å². The zero-order valence-corrected chi connectivity index (χ0v) is 37.1. The van der Waals surface area contributed by atoms with Crippen molar-refractivity contribution < 1.29 is 0 Å². The summed E-state index contributed by atoms with van der Waals surface area (Å²) >= 11 is 1.86. The molecule has 67 heavy (non-hydrogen) atoms. The summed E-state index contributed by atoms with van der Waals surface area (Å²) in [6.45, 7) is 0. The van der Waals surface area contributed by atoms with Gasteiger partial charge in [-0.1, -0.05) is 182 Å². The molecule has 0 amide bonds. The minimum Gasteiger partial charge on any atom is -0.308 e. The van der Waals surface area contributed by atoms with Gasteiger partial charge in [-0.2, -0.15) is 0 Å². The number of aliphatic imine (C=N–C) groups is 2. The first-order chi connectivity index (χ1) is 33.2. The molecule has 2 aromatic heterocycles. The van der Waals surface area contributed by atoms with E-state index < -0.39 is 0 Å². The molecule has 3 nitrogen and oxygen atoms in total. The summed E-state index contributed by atoms with van der Waals surface area (Å²) in [5.74, 6) is 0.702. The lowest BCUT2D eigenvalue weighted by Crippen LogP contribution is -2.05. The molecule has 0 saturated heterocycles. The summed E-state index contributed by atoms with van der Waals surface area (Å²) in [5.41, 5.74) is 9.88. The zero-order valence-electron chi connectivity index (χ0n) is 36.3. The largest absolute Gasteiger partial charge is 0.308 e. The van der Waals surface area contributed by atoms with E-state index in [1.807, 2.05) is 11.3 Å². The fourth-order valence-electron chi connectivity index (χ4n) is 10.6. The lowest BCUT2D eigenvalue weighted by molar-refractivity contribution is 0.925. The van der Waals surface area contributed by atoms with Crippen molar-refractivity contribution in [1.29, 1.82) is 0 Å². The SMILES string of the molecule is C1=CC(c2cc3ccccc3c3ccccc23)N=C(c2ccc(-c3ccccc3)cc2)N=C1c1cc(-n2c3cc4ccccc4cc3c3c4ccccc4ccc32)c2sc3ccccc3c2c1. The standard InChI is InChI=1S/C63H39N3S/c1-2-14-39(15-3-1)40-26-28-42(29-27-40)63-64-55(31-32-56(65-63)52-35-45-19-7-8-20-47(45)49-22-10-11-23-50(49)52)46-36-53-51-24-12-13-25-60(51)67-62(53)59(38-46)66-57-33-30-41-16-6-9-21-48(41)61(57)54-34-43-17-4-5-18-44(43)37-58(54)66/h1-38,56H. The average Bonchev–Trinajstić information content (AvgIpc) is 3.84. The van der Waals surface area contributed by atoms with Crippen LogP contribution in [0.1, 0.15) is 22.7 Å². The van der Waals surface area contributed by atoms with E-state index >= 15 is 0 Å². The molecule has 1 aliphatic heterocycles. The van der Waals surface area contributed by atoms with Crippen molar-refractivity contribution in [3.63, 3.8) is 0 Å². The first-order valence-electron chi connectivity index (χ1n) is 22.9. The number of aromatic nitrogens is 1. The molecule has 0 fully saturated rings. The molecular weight excluding hydrogens is 831 g/mol. The Hall–Kier alpha value is -8.44. The van der Waals surface area contributed by atoms with E-state index in [1.165, 1.54) is 90.6 Å². The first kappa shape index (κ1) is 37.9. The highest BCUT2D eigenvalue weighted by atomic mass is 32.1. The van der Waals surface area contributed by atoms with E-state index in [4.69, 9.17) is 9.98 Å². The van der Waals surface area contributed by atoms with Gasteiger partial charge in [0.1, 0.15) is 0 Å². The number of rotatable bonds is 5. The van der Waals surface area contributed by atoms with Gasteiger partial charge in [0, 0.05) is 37.4 Å². The smallest absolute Gasteiger partial charge is 0.156 e. The maximum absolute atomic E-state index is 5.61. The maximum Gasteiger partial charge on any atom is 0.156 e. The van der Waals surface area contributed by atoms with Crippen LogP contribution in [0.4, 0.5) is 0 Å². The highest BCUT2D eigenvalue weighted by molar-refractivity contribution is 7.26. The minimum absolute atomic E-state index is 0.288. The molecule has 1 unspecified atom stereocenters. The van der Waals surface area contributed by atoms with Crippen LogP contribution in [-0.4, -0.2) is 16.1 Å². The molecule has 0 aliphatic carbocycles. The Kier molecular flexibility index (Phi) is 8.52. The van der Waals surface area contributed by atoms with Gasteiger partial charge in [-0.15, -0.1) is 11.3 Å². The molecule has 13 aromatic rings. The average molecular weight is 870 g/mol. The van der Waals surface area contributed by atoms with Gasteiger partial charge in [-0.3, -0.25) is 4.99 Å². The summed E-state index contributed by atoms with van der Waals surface area (Å²) in [4.78, 5) is 11.2. The van der Waals surface area contributed by atoms with Gasteiger partial charge >= 0.3 is 0 Å². The molecule has 0 N–H and O–H groups in total. The number of nitrogens with zero attached hydrogens (tertiary/aromatic N) is 3. The third kappa shape index (κ3) is 6.11. The van der Waals surface area contributed by atoms with Crippen LogP contribution in [-0.2, 0) is 0 Å². The van der Waals surface area contributed by atoms with E-state index in [1.54, 1.807) is 0 Å². The molecule has 312 valence electrons. The molecule has 1 atom stereocenters. The first-order valence-corrected chi connectivity index (χ1v) is 23.7. The Labute approximate surface area is 390 Å². The van der Waals surface area contributed by atoms with Crippen LogP contribution >= 0.6 is 11.3 Å². The molecular formula is C63H39N3S. The van der Waals surface area contributed by atoms with Crippen molar-refractivity contribution in [2.45, 2.75) is 6.04 Å². The topological polar surface area (TPSA) is 29.6 Å². The van der Waals surface area contributed by atoms with Crippen LogP contribution in [0.15, 0.2) is 241 Å². The summed E-state index contributed by atoms with van der Waals surface area (Å²) < 4.78 is 5.02. The van der Waals surface area contributed by atoms with E-state index in [0.717, 1.165) is 33.7 Å². The number of benzene rings is 11. The van der Waals surface area contributed by atoms with Crippen molar-refractivity contribution in [3.05, 3.63) is 247 Å². The Morgan fingerprint density at radius 2 is 1.04 bits per heavy atom. The van der Waals surface area contributed by atoms with Crippen molar-refractivity contribution >= 4 is 108 Å². The van der Waals surface area contributed by atoms with Crippen LogP contribution in [0.2, 0.25) is 0 Å². The van der Waals surface area contributed by atoms with Crippen molar-refractivity contribution in [2.24, 2.45) is 9.98 Å². The molecule has 14 rings (SSSR count). The Morgan fingerprint density at radius 1 is 0.403 bits per heavy atom. The van der Waals surface area contributed by atoms with Crippen LogP contribution in [0.25, 0.3) is 102 Å². The van der Waals surface area contributed by atoms with Crippen LogP contribution in [0.5, 0.6) is 0 Å². The molecule has 0 saturated carbocycles. The molecule has 0 bridgehead atoms.